The van der Waals surface area contributed by atoms with E-state index in [1.54, 1.807) is 0 Å². The summed E-state index contributed by atoms with van der Waals surface area (Å²) in [7, 11) is 0. The molecule has 16 heavy (non-hydrogen) atoms. The van der Waals surface area contributed by atoms with Gasteiger partial charge >= 0.3 is 0 Å². The van der Waals surface area contributed by atoms with Gasteiger partial charge in [-0.05, 0) is 24.6 Å². The molecule has 0 saturated carbocycles. The lowest BCUT2D eigenvalue weighted by Crippen LogP contribution is -2.38. The molecular formula is C10H12F2N2O2. The van der Waals surface area contributed by atoms with Gasteiger partial charge in [0.1, 0.15) is 0 Å². The number of benzene rings is 1. The van der Waals surface area contributed by atoms with E-state index in [1.807, 2.05) is 0 Å². The smallest absolute Gasteiger partial charge is 0.234 e. The topological polar surface area (TPSA) is 75.3 Å². The van der Waals surface area contributed by atoms with Gasteiger partial charge in [0.25, 0.3) is 0 Å². The van der Waals surface area contributed by atoms with Crippen molar-refractivity contribution in [3.8, 4) is 5.75 Å². The molecule has 4 N–H and O–H groups in total. The first-order chi connectivity index (χ1) is 7.41. The molecule has 1 aromatic rings. The average molecular weight is 230 g/mol. The Morgan fingerprint density at radius 3 is 2.44 bits per heavy atom. The molecule has 1 atom stereocenters. The second-order valence-electron chi connectivity index (χ2n) is 3.41. The van der Waals surface area contributed by atoms with Gasteiger partial charge in [0.2, 0.25) is 5.91 Å². The number of nitrogens with two attached hydrogens (primary N) is 1. The minimum atomic E-state index is -1.04. The fourth-order valence-corrected chi connectivity index (χ4v) is 1.09. The molecule has 0 aliphatic heterocycles. The van der Waals surface area contributed by atoms with Crippen LogP contribution in [0.25, 0.3) is 0 Å². The van der Waals surface area contributed by atoms with E-state index in [1.165, 1.54) is 6.92 Å². The highest BCUT2D eigenvalue weighted by Gasteiger charge is 2.11. The van der Waals surface area contributed by atoms with E-state index in [2.05, 4.69) is 5.32 Å². The van der Waals surface area contributed by atoms with Gasteiger partial charge in [0.15, 0.2) is 17.4 Å². The second kappa shape index (κ2) is 4.89. The first-order valence-electron chi connectivity index (χ1n) is 4.61. The lowest BCUT2D eigenvalue weighted by atomic mass is 10.2. The van der Waals surface area contributed by atoms with E-state index >= 15 is 0 Å². The Hall–Kier alpha value is -1.69. The van der Waals surface area contributed by atoms with Gasteiger partial charge in [-0.1, -0.05) is 0 Å². The minimum Gasteiger partial charge on any atom is -0.503 e. The number of nitrogens with one attached hydrogen (secondary N) is 1. The number of halogens is 2. The predicted molar refractivity (Wildman–Crippen MR) is 53.5 cm³/mol. The van der Waals surface area contributed by atoms with Crippen molar-refractivity contribution in [3.63, 3.8) is 0 Å². The van der Waals surface area contributed by atoms with Crippen molar-refractivity contribution in [2.24, 2.45) is 5.73 Å². The molecule has 88 valence electrons. The zero-order valence-corrected chi connectivity index (χ0v) is 8.63. The number of phenolic OH excluding ortho intramolecular Hbond substituents is 1. The van der Waals surface area contributed by atoms with Crippen LogP contribution in [0.3, 0.4) is 0 Å². The molecule has 0 heterocycles. The Morgan fingerprint density at radius 2 is 2.00 bits per heavy atom. The summed E-state index contributed by atoms with van der Waals surface area (Å²) in [4.78, 5) is 10.7. The molecular weight excluding hydrogens is 218 g/mol. The van der Waals surface area contributed by atoms with Gasteiger partial charge < -0.3 is 16.2 Å². The summed E-state index contributed by atoms with van der Waals surface area (Å²) in [5.74, 6) is -3.64. The zero-order valence-electron chi connectivity index (χ0n) is 8.63. The summed E-state index contributed by atoms with van der Waals surface area (Å²) in [6.45, 7) is 1.62. The van der Waals surface area contributed by atoms with Gasteiger partial charge in [-0.25, -0.2) is 8.78 Å². The summed E-state index contributed by atoms with van der Waals surface area (Å²) in [5.41, 5.74) is 5.27. The summed E-state index contributed by atoms with van der Waals surface area (Å²) < 4.78 is 25.8. The highest BCUT2D eigenvalue weighted by Crippen LogP contribution is 2.21. The Balaban J connectivity index is 2.72. The quantitative estimate of drug-likeness (QED) is 0.710. The number of hydrogen-bond acceptors (Lipinski definition) is 3. The molecule has 0 bridgehead atoms. The Labute approximate surface area is 91.1 Å². The van der Waals surface area contributed by atoms with Crippen LogP contribution < -0.4 is 11.1 Å². The number of hydrogen-bond donors (Lipinski definition) is 3. The number of aromatic hydroxyl groups is 1. The maximum Gasteiger partial charge on any atom is 0.234 e. The SMILES string of the molecule is C[C@H](NCc1cc(F)c(O)c(F)c1)C(N)=O. The summed E-state index contributed by atoms with van der Waals surface area (Å²) in [5, 5.41) is 11.5. The highest BCUT2D eigenvalue weighted by molar-refractivity contribution is 5.79. The molecule has 0 spiro atoms. The van der Waals surface area contributed by atoms with Gasteiger partial charge in [0.05, 0.1) is 6.04 Å². The van der Waals surface area contributed by atoms with E-state index in [0.717, 1.165) is 12.1 Å². The standard InChI is InChI=1S/C10H12F2N2O2/c1-5(10(13)16)14-4-6-2-7(11)9(15)8(12)3-6/h2-3,5,14-15H,4H2,1H3,(H2,13,16)/t5-/m0/s1. The van der Waals surface area contributed by atoms with Crippen LogP contribution in [0.1, 0.15) is 12.5 Å². The van der Waals surface area contributed by atoms with Crippen LogP contribution >= 0.6 is 0 Å². The fraction of sp³-hybridized carbons (Fsp3) is 0.300. The van der Waals surface area contributed by atoms with Crippen molar-refractivity contribution in [2.45, 2.75) is 19.5 Å². The normalized spacial score (nSPS) is 12.4. The first kappa shape index (κ1) is 12.4. The molecule has 1 amide bonds. The molecule has 6 heteroatoms. The number of primary amides is 1. The van der Waals surface area contributed by atoms with Crippen LogP contribution in [0.4, 0.5) is 8.78 Å². The van der Waals surface area contributed by atoms with Crippen molar-refractivity contribution in [1.29, 1.82) is 0 Å². The van der Waals surface area contributed by atoms with E-state index < -0.39 is 29.3 Å². The lowest BCUT2D eigenvalue weighted by molar-refractivity contribution is -0.119. The van der Waals surface area contributed by atoms with E-state index in [4.69, 9.17) is 10.8 Å². The molecule has 0 aliphatic rings. The lowest BCUT2D eigenvalue weighted by Gasteiger charge is -2.10. The van der Waals surface area contributed by atoms with Crippen molar-refractivity contribution in [2.75, 3.05) is 0 Å². The average Bonchev–Trinajstić information content (AvgIpc) is 2.22. The predicted octanol–water partition coefficient (Wildman–Crippen LogP) is 0.634. The van der Waals surface area contributed by atoms with Gasteiger partial charge in [0, 0.05) is 6.54 Å². The summed E-state index contributed by atoms with van der Waals surface area (Å²) >= 11 is 0. The van der Waals surface area contributed by atoms with E-state index in [9.17, 15) is 13.6 Å². The molecule has 0 aliphatic carbocycles. The summed E-state index contributed by atoms with van der Waals surface area (Å²) in [6.07, 6.45) is 0. The maximum absolute atomic E-state index is 12.9. The van der Waals surface area contributed by atoms with Crippen LogP contribution in [-0.2, 0) is 11.3 Å². The summed E-state index contributed by atoms with van der Waals surface area (Å²) in [6, 6.07) is 1.37. The van der Waals surface area contributed by atoms with Crippen molar-refractivity contribution in [3.05, 3.63) is 29.3 Å². The zero-order chi connectivity index (χ0) is 12.3. The third-order valence-electron chi connectivity index (χ3n) is 2.12. The van der Waals surface area contributed by atoms with Crippen molar-refractivity contribution >= 4 is 5.91 Å². The molecule has 4 nitrogen and oxygen atoms in total. The van der Waals surface area contributed by atoms with Gasteiger partial charge in [-0.15, -0.1) is 0 Å². The van der Waals surface area contributed by atoms with Crippen LogP contribution in [0.2, 0.25) is 0 Å². The molecule has 0 radical (unpaired) electrons. The van der Waals surface area contributed by atoms with Crippen LogP contribution in [0, 0.1) is 11.6 Å². The van der Waals surface area contributed by atoms with Crippen LogP contribution in [0.5, 0.6) is 5.75 Å². The van der Waals surface area contributed by atoms with Crippen molar-refractivity contribution in [1.82, 2.24) is 5.32 Å². The second-order valence-corrected chi connectivity index (χ2v) is 3.41. The van der Waals surface area contributed by atoms with Crippen LogP contribution in [0.15, 0.2) is 12.1 Å². The number of rotatable bonds is 4. The first-order valence-corrected chi connectivity index (χ1v) is 4.61. The molecule has 0 unspecified atom stereocenters. The third-order valence-corrected chi connectivity index (χ3v) is 2.12. The van der Waals surface area contributed by atoms with E-state index in [0.29, 0.717) is 0 Å². The van der Waals surface area contributed by atoms with Crippen LogP contribution in [-0.4, -0.2) is 17.1 Å². The highest BCUT2D eigenvalue weighted by atomic mass is 19.1. The molecule has 0 fully saturated rings. The molecule has 0 saturated heterocycles. The Morgan fingerprint density at radius 1 is 1.50 bits per heavy atom. The van der Waals surface area contributed by atoms with E-state index in [-0.39, 0.29) is 12.1 Å². The Bertz CT molecular complexity index is 387. The number of phenols is 1. The van der Waals surface area contributed by atoms with Gasteiger partial charge in [-0.2, -0.15) is 0 Å². The Kier molecular flexibility index (Phi) is 3.78. The largest absolute Gasteiger partial charge is 0.503 e. The third kappa shape index (κ3) is 2.90. The minimum absolute atomic E-state index is 0.0816. The molecule has 0 aromatic heterocycles. The fourth-order valence-electron chi connectivity index (χ4n) is 1.09. The maximum atomic E-state index is 12.9. The monoisotopic (exact) mass is 230 g/mol. The van der Waals surface area contributed by atoms with Gasteiger partial charge in [-0.3, -0.25) is 4.79 Å². The van der Waals surface area contributed by atoms with Crippen molar-refractivity contribution < 1.29 is 18.7 Å². The number of carbonyl (C=O) groups excluding carboxylic acids is 1. The number of amides is 1. The number of carbonyl (C=O) groups is 1. The molecule has 1 aromatic carbocycles. The molecule has 1 rings (SSSR count).